The average Bonchev–Trinajstić information content (AvgIpc) is 3.49. The fraction of sp³-hybridized carbons (Fsp3) is 0.552. The number of methoxy groups -OCH3 is 1. The van der Waals surface area contributed by atoms with Crippen LogP contribution in [0.15, 0.2) is 30.3 Å². The Kier molecular flexibility index (Phi) is 14.1. The highest BCUT2D eigenvalue weighted by Crippen LogP contribution is 2.19. The van der Waals surface area contributed by atoms with Crippen LogP contribution in [0.25, 0.3) is 0 Å². The quantitative estimate of drug-likeness (QED) is 0.156. The van der Waals surface area contributed by atoms with E-state index < -0.39 is 65.7 Å². The van der Waals surface area contributed by atoms with E-state index in [0.29, 0.717) is 19.4 Å². The highest BCUT2D eigenvalue weighted by Gasteiger charge is 2.38. The lowest BCUT2D eigenvalue weighted by Crippen LogP contribution is -2.57. The molecule has 0 aliphatic carbocycles. The van der Waals surface area contributed by atoms with Crippen LogP contribution in [0.4, 0.5) is 0 Å². The van der Waals surface area contributed by atoms with E-state index in [4.69, 9.17) is 11.6 Å². The Morgan fingerprint density at radius 1 is 0.884 bits per heavy atom. The van der Waals surface area contributed by atoms with Crippen molar-refractivity contribution in [3.63, 3.8) is 0 Å². The number of alkyl halides is 1. The molecule has 1 heterocycles. The van der Waals surface area contributed by atoms with Crippen LogP contribution < -0.4 is 21.3 Å². The molecular weight excluding hydrogens is 582 g/mol. The Labute approximate surface area is 255 Å². The van der Waals surface area contributed by atoms with Crippen molar-refractivity contribution in [3.8, 4) is 0 Å². The summed E-state index contributed by atoms with van der Waals surface area (Å²) in [5.41, 5.74) is 0.846. The van der Waals surface area contributed by atoms with Gasteiger partial charge in [-0.3, -0.25) is 33.6 Å². The summed E-state index contributed by atoms with van der Waals surface area (Å²) in [6.45, 7) is 4.61. The number of halogens is 1. The van der Waals surface area contributed by atoms with Gasteiger partial charge < -0.3 is 30.9 Å². The first kappa shape index (κ1) is 35.2. The van der Waals surface area contributed by atoms with E-state index in [1.807, 2.05) is 30.3 Å². The number of ketones is 1. The van der Waals surface area contributed by atoms with E-state index in [-0.39, 0.29) is 30.9 Å². The van der Waals surface area contributed by atoms with Gasteiger partial charge in [-0.2, -0.15) is 0 Å². The van der Waals surface area contributed by atoms with Crippen LogP contribution >= 0.6 is 11.6 Å². The molecule has 4 N–H and O–H groups in total. The van der Waals surface area contributed by atoms with Crippen molar-refractivity contribution < 1.29 is 38.3 Å². The third-order valence-corrected chi connectivity index (χ3v) is 7.26. The van der Waals surface area contributed by atoms with Crippen LogP contribution in [-0.4, -0.2) is 95.9 Å². The lowest BCUT2D eigenvalue weighted by atomic mass is 10.0. The Morgan fingerprint density at radius 3 is 2.09 bits per heavy atom. The minimum absolute atomic E-state index is 0.138. The molecule has 0 unspecified atom stereocenters. The summed E-state index contributed by atoms with van der Waals surface area (Å²) in [5.74, 6) is -3.96. The first-order chi connectivity index (χ1) is 20.4. The van der Waals surface area contributed by atoms with Crippen LogP contribution in [0.2, 0.25) is 0 Å². The number of esters is 1. The fourth-order valence-corrected chi connectivity index (χ4v) is 4.70. The van der Waals surface area contributed by atoms with Gasteiger partial charge in [0.2, 0.25) is 29.5 Å². The summed E-state index contributed by atoms with van der Waals surface area (Å²) >= 11 is 5.78. The molecule has 0 saturated carbocycles. The molecule has 5 amide bonds. The second-order valence-electron chi connectivity index (χ2n) is 10.4. The topological polar surface area (TPSA) is 180 Å². The molecule has 1 saturated heterocycles. The number of nitrogens with zero attached hydrogens (tertiary/aromatic N) is 1. The zero-order valence-electron chi connectivity index (χ0n) is 24.8. The Morgan fingerprint density at radius 2 is 1.49 bits per heavy atom. The molecule has 0 bridgehead atoms. The first-order valence-electron chi connectivity index (χ1n) is 14.1. The van der Waals surface area contributed by atoms with Crippen molar-refractivity contribution in [1.29, 1.82) is 0 Å². The molecule has 236 valence electrons. The zero-order chi connectivity index (χ0) is 32.1. The molecule has 1 aromatic carbocycles. The summed E-state index contributed by atoms with van der Waals surface area (Å²) in [6.07, 6.45) is 0.908. The average molecular weight is 622 g/mol. The molecule has 0 radical (unpaired) electrons. The zero-order valence-corrected chi connectivity index (χ0v) is 25.6. The van der Waals surface area contributed by atoms with Gasteiger partial charge in [-0.15, -0.1) is 11.6 Å². The second kappa shape index (κ2) is 17.2. The van der Waals surface area contributed by atoms with Crippen LogP contribution in [-0.2, 0) is 44.7 Å². The molecule has 5 atom stereocenters. The number of ether oxygens (including phenoxy) is 1. The Hall–Kier alpha value is -4.00. The lowest BCUT2D eigenvalue weighted by molar-refractivity contribution is -0.142. The Bertz CT molecular complexity index is 1180. The summed E-state index contributed by atoms with van der Waals surface area (Å²) in [4.78, 5) is 88.6. The maximum absolute atomic E-state index is 13.2. The maximum atomic E-state index is 13.2. The van der Waals surface area contributed by atoms with Crippen molar-refractivity contribution in [2.75, 3.05) is 19.5 Å². The van der Waals surface area contributed by atoms with Gasteiger partial charge in [-0.1, -0.05) is 30.3 Å². The summed E-state index contributed by atoms with van der Waals surface area (Å²) in [6, 6.07) is 4.44. The summed E-state index contributed by atoms with van der Waals surface area (Å²) in [5, 5.41) is 10.2. The van der Waals surface area contributed by atoms with Gasteiger partial charge in [-0.05, 0) is 45.6 Å². The van der Waals surface area contributed by atoms with E-state index in [0.717, 1.165) is 5.56 Å². The Balaban J connectivity index is 1.92. The van der Waals surface area contributed by atoms with Crippen molar-refractivity contribution in [1.82, 2.24) is 26.2 Å². The van der Waals surface area contributed by atoms with Crippen molar-refractivity contribution in [3.05, 3.63) is 35.9 Å². The standard InChI is InChI=1S/C29H40ClN5O8/c1-17(31-24(37)12-13-25(38)43-4)26(39)32-18(2)27(40)33-19(3)29(42)35-14-8-11-22(35)28(41)34-21(23(36)16-30)15-20-9-6-5-7-10-20/h5-7,9-10,17-19,21-22H,8,11-16H2,1-4H3,(H,31,37)(H,32,39)(H,33,40)(H,34,41)/t17-,18+,19-,21+,22-/m0/s1. The third-order valence-electron chi connectivity index (χ3n) is 6.99. The number of hydrogen-bond acceptors (Lipinski definition) is 8. The van der Waals surface area contributed by atoms with Crippen molar-refractivity contribution in [2.24, 2.45) is 0 Å². The number of carbonyl (C=O) groups is 7. The second-order valence-corrected chi connectivity index (χ2v) is 10.6. The van der Waals surface area contributed by atoms with E-state index in [2.05, 4.69) is 26.0 Å². The predicted octanol–water partition coefficient (Wildman–Crippen LogP) is -0.0199. The number of nitrogens with one attached hydrogen (secondary N) is 4. The number of amides is 5. The number of rotatable bonds is 15. The minimum atomic E-state index is -1.05. The molecule has 2 rings (SSSR count). The molecule has 1 aliphatic heterocycles. The van der Waals surface area contributed by atoms with Gasteiger partial charge in [0.15, 0.2) is 5.78 Å². The monoisotopic (exact) mass is 621 g/mol. The molecule has 1 fully saturated rings. The van der Waals surface area contributed by atoms with Gasteiger partial charge in [0.05, 0.1) is 25.5 Å². The molecule has 43 heavy (non-hydrogen) atoms. The van der Waals surface area contributed by atoms with Gasteiger partial charge in [0.1, 0.15) is 24.2 Å². The number of likely N-dealkylation sites (tertiary alicyclic amines) is 1. The number of benzene rings is 1. The van der Waals surface area contributed by atoms with Crippen molar-refractivity contribution >= 4 is 52.9 Å². The molecule has 0 aromatic heterocycles. The van der Waals surface area contributed by atoms with E-state index in [1.54, 1.807) is 0 Å². The lowest BCUT2D eigenvalue weighted by Gasteiger charge is -2.29. The largest absolute Gasteiger partial charge is 0.469 e. The summed E-state index contributed by atoms with van der Waals surface area (Å²) in [7, 11) is 1.20. The fourth-order valence-electron chi connectivity index (χ4n) is 4.51. The predicted molar refractivity (Wildman–Crippen MR) is 157 cm³/mol. The van der Waals surface area contributed by atoms with E-state index in [1.165, 1.54) is 32.8 Å². The number of carbonyl (C=O) groups excluding carboxylic acids is 7. The van der Waals surface area contributed by atoms with Crippen LogP contribution in [0, 0.1) is 0 Å². The summed E-state index contributed by atoms with van der Waals surface area (Å²) < 4.78 is 4.47. The van der Waals surface area contributed by atoms with Crippen LogP contribution in [0.3, 0.4) is 0 Å². The molecule has 0 spiro atoms. The van der Waals surface area contributed by atoms with E-state index in [9.17, 15) is 33.6 Å². The van der Waals surface area contributed by atoms with Gasteiger partial charge in [-0.25, -0.2) is 0 Å². The molecule has 13 nitrogen and oxygen atoms in total. The maximum Gasteiger partial charge on any atom is 0.306 e. The SMILES string of the molecule is COC(=O)CCC(=O)N[C@@H](C)C(=O)N[C@H](C)C(=O)N[C@@H](C)C(=O)N1CCC[C@H]1C(=O)N[C@H](Cc1ccccc1)C(=O)CCl. The molecule has 1 aliphatic rings. The first-order valence-corrected chi connectivity index (χ1v) is 14.6. The highest BCUT2D eigenvalue weighted by molar-refractivity contribution is 6.28. The van der Waals surface area contributed by atoms with Gasteiger partial charge >= 0.3 is 5.97 Å². The van der Waals surface area contributed by atoms with Crippen LogP contribution in [0.5, 0.6) is 0 Å². The molecule has 1 aromatic rings. The van der Waals surface area contributed by atoms with Gasteiger partial charge in [0, 0.05) is 13.0 Å². The smallest absolute Gasteiger partial charge is 0.306 e. The third kappa shape index (κ3) is 11.0. The van der Waals surface area contributed by atoms with E-state index >= 15 is 0 Å². The normalized spacial score (nSPS) is 17.0. The molecule has 14 heteroatoms. The number of Topliss-reactive ketones (excluding diaryl/α,β-unsaturated/α-hetero) is 1. The molecular formula is C29H40ClN5O8. The minimum Gasteiger partial charge on any atom is -0.469 e. The van der Waals surface area contributed by atoms with Crippen molar-refractivity contribution in [2.45, 2.75) is 83.1 Å². The number of hydrogen-bond donors (Lipinski definition) is 4. The van der Waals surface area contributed by atoms with Gasteiger partial charge in [0.25, 0.3) is 0 Å². The highest BCUT2D eigenvalue weighted by atomic mass is 35.5. The van der Waals surface area contributed by atoms with Crippen LogP contribution in [0.1, 0.15) is 52.0 Å².